The molecule has 2 unspecified atom stereocenters. The number of esters is 1. The van der Waals surface area contributed by atoms with Crippen molar-refractivity contribution in [2.75, 3.05) is 12.9 Å². The standard InChI is InChI=1S/C9H17NO2S/c1-6(2)4-8-10-7(5-13-8)9(11)12-3/h6-8,10H,4-5H2,1-3H3. The van der Waals surface area contributed by atoms with E-state index in [1.807, 2.05) is 11.8 Å². The predicted molar refractivity (Wildman–Crippen MR) is 54.6 cm³/mol. The van der Waals surface area contributed by atoms with Crippen LogP contribution in [0.4, 0.5) is 0 Å². The quantitative estimate of drug-likeness (QED) is 0.700. The molecule has 3 nitrogen and oxygen atoms in total. The number of carbonyl (C=O) groups is 1. The topological polar surface area (TPSA) is 38.3 Å². The van der Waals surface area contributed by atoms with Crippen molar-refractivity contribution in [3.63, 3.8) is 0 Å². The Hall–Kier alpha value is -0.220. The molecule has 0 aliphatic carbocycles. The Morgan fingerprint density at radius 1 is 1.69 bits per heavy atom. The van der Waals surface area contributed by atoms with Crippen LogP contribution in [0.1, 0.15) is 20.3 Å². The van der Waals surface area contributed by atoms with Gasteiger partial charge in [0, 0.05) is 5.75 Å². The zero-order chi connectivity index (χ0) is 9.84. The van der Waals surface area contributed by atoms with Gasteiger partial charge in [-0.05, 0) is 12.3 Å². The molecule has 1 heterocycles. The fourth-order valence-corrected chi connectivity index (χ4v) is 2.81. The zero-order valence-corrected chi connectivity index (χ0v) is 9.19. The van der Waals surface area contributed by atoms with E-state index in [1.165, 1.54) is 7.11 Å². The van der Waals surface area contributed by atoms with E-state index in [4.69, 9.17) is 0 Å². The molecule has 2 atom stereocenters. The van der Waals surface area contributed by atoms with Gasteiger partial charge in [0.1, 0.15) is 6.04 Å². The molecular formula is C9H17NO2S. The second kappa shape index (κ2) is 4.86. The third-order valence-corrected chi connectivity index (χ3v) is 3.28. The number of nitrogens with one attached hydrogen (secondary N) is 1. The molecular weight excluding hydrogens is 186 g/mol. The van der Waals surface area contributed by atoms with Crippen LogP contribution in [-0.2, 0) is 9.53 Å². The molecule has 13 heavy (non-hydrogen) atoms. The van der Waals surface area contributed by atoms with E-state index in [0.29, 0.717) is 11.3 Å². The van der Waals surface area contributed by atoms with Gasteiger partial charge in [-0.25, -0.2) is 0 Å². The summed E-state index contributed by atoms with van der Waals surface area (Å²) in [5, 5.41) is 3.68. The van der Waals surface area contributed by atoms with Gasteiger partial charge in [-0.15, -0.1) is 11.8 Å². The molecule has 0 amide bonds. The molecule has 4 heteroatoms. The molecule has 1 fully saturated rings. The van der Waals surface area contributed by atoms with Crippen LogP contribution in [0.5, 0.6) is 0 Å². The number of methoxy groups -OCH3 is 1. The highest BCUT2D eigenvalue weighted by molar-refractivity contribution is 8.00. The molecule has 76 valence electrons. The first-order valence-electron chi connectivity index (χ1n) is 4.59. The van der Waals surface area contributed by atoms with Crippen molar-refractivity contribution in [3.8, 4) is 0 Å². The van der Waals surface area contributed by atoms with Gasteiger partial charge in [-0.2, -0.15) is 0 Å². The molecule has 1 N–H and O–H groups in total. The lowest BCUT2D eigenvalue weighted by Gasteiger charge is -2.13. The molecule has 0 aromatic rings. The number of carbonyl (C=O) groups excluding carboxylic acids is 1. The highest BCUT2D eigenvalue weighted by Gasteiger charge is 2.30. The summed E-state index contributed by atoms with van der Waals surface area (Å²) < 4.78 is 4.67. The van der Waals surface area contributed by atoms with Crippen molar-refractivity contribution in [1.82, 2.24) is 5.32 Å². The van der Waals surface area contributed by atoms with E-state index >= 15 is 0 Å². The van der Waals surface area contributed by atoms with E-state index in [9.17, 15) is 4.79 Å². The Morgan fingerprint density at radius 2 is 2.38 bits per heavy atom. The smallest absolute Gasteiger partial charge is 0.323 e. The molecule has 0 bridgehead atoms. The molecule has 0 spiro atoms. The van der Waals surface area contributed by atoms with E-state index in [1.54, 1.807) is 0 Å². The fourth-order valence-electron chi connectivity index (χ4n) is 1.38. The van der Waals surface area contributed by atoms with Gasteiger partial charge in [0.15, 0.2) is 0 Å². The summed E-state index contributed by atoms with van der Waals surface area (Å²) in [6.45, 7) is 4.38. The third kappa shape index (κ3) is 3.19. The second-order valence-corrected chi connectivity index (χ2v) is 4.93. The van der Waals surface area contributed by atoms with Gasteiger partial charge in [0.05, 0.1) is 12.5 Å². The van der Waals surface area contributed by atoms with E-state index in [0.717, 1.165) is 12.2 Å². The summed E-state index contributed by atoms with van der Waals surface area (Å²) in [5.41, 5.74) is 0. The summed E-state index contributed by atoms with van der Waals surface area (Å²) in [5.74, 6) is 1.37. The van der Waals surface area contributed by atoms with Crippen LogP contribution in [-0.4, -0.2) is 30.2 Å². The molecule has 0 radical (unpaired) electrons. The zero-order valence-electron chi connectivity index (χ0n) is 8.37. The van der Waals surface area contributed by atoms with Crippen LogP contribution in [0.15, 0.2) is 0 Å². The van der Waals surface area contributed by atoms with E-state index in [2.05, 4.69) is 23.9 Å². The number of hydrogen-bond acceptors (Lipinski definition) is 4. The molecule has 1 saturated heterocycles. The maximum absolute atomic E-state index is 11.1. The molecule has 1 rings (SSSR count). The van der Waals surface area contributed by atoms with Crippen molar-refractivity contribution in [2.45, 2.75) is 31.7 Å². The highest BCUT2D eigenvalue weighted by atomic mass is 32.2. The van der Waals surface area contributed by atoms with Gasteiger partial charge in [-0.3, -0.25) is 10.1 Å². The van der Waals surface area contributed by atoms with Crippen molar-refractivity contribution in [3.05, 3.63) is 0 Å². The molecule has 1 aliphatic rings. The number of thioether (sulfide) groups is 1. The number of ether oxygens (including phenoxy) is 1. The summed E-state index contributed by atoms with van der Waals surface area (Å²) >= 11 is 1.81. The Kier molecular flexibility index (Phi) is 4.06. The van der Waals surface area contributed by atoms with Crippen LogP contribution in [0.2, 0.25) is 0 Å². The predicted octanol–water partition coefficient (Wildman–Crippen LogP) is 1.24. The second-order valence-electron chi connectivity index (χ2n) is 3.69. The Bertz CT molecular complexity index is 184. The minimum Gasteiger partial charge on any atom is -0.468 e. The minimum atomic E-state index is -0.140. The fraction of sp³-hybridized carbons (Fsp3) is 0.889. The van der Waals surface area contributed by atoms with Crippen LogP contribution >= 0.6 is 11.8 Å². The SMILES string of the molecule is COC(=O)C1CSC(CC(C)C)N1. The van der Waals surface area contributed by atoms with Crippen LogP contribution in [0, 0.1) is 5.92 Å². The average Bonchev–Trinajstić information content (AvgIpc) is 2.50. The Labute approximate surface area is 83.6 Å². The van der Waals surface area contributed by atoms with Crippen molar-refractivity contribution >= 4 is 17.7 Å². The van der Waals surface area contributed by atoms with Crippen LogP contribution < -0.4 is 5.32 Å². The molecule has 0 saturated carbocycles. The van der Waals surface area contributed by atoms with Gasteiger partial charge in [0.25, 0.3) is 0 Å². The van der Waals surface area contributed by atoms with E-state index in [-0.39, 0.29) is 12.0 Å². The molecule has 1 aliphatic heterocycles. The summed E-state index contributed by atoms with van der Waals surface area (Å²) in [7, 11) is 1.43. The summed E-state index contributed by atoms with van der Waals surface area (Å²) in [4.78, 5) is 11.1. The van der Waals surface area contributed by atoms with Gasteiger partial charge in [0.2, 0.25) is 0 Å². The Balaban J connectivity index is 2.32. The maximum atomic E-state index is 11.1. The largest absolute Gasteiger partial charge is 0.468 e. The summed E-state index contributed by atoms with van der Waals surface area (Å²) in [6.07, 6.45) is 1.11. The monoisotopic (exact) mass is 203 g/mol. The number of hydrogen-bond donors (Lipinski definition) is 1. The summed E-state index contributed by atoms with van der Waals surface area (Å²) in [6, 6.07) is -0.0984. The van der Waals surface area contributed by atoms with Gasteiger partial charge < -0.3 is 4.74 Å². The van der Waals surface area contributed by atoms with Gasteiger partial charge in [-0.1, -0.05) is 13.8 Å². The van der Waals surface area contributed by atoms with Crippen LogP contribution in [0.25, 0.3) is 0 Å². The average molecular weight is 203 g/mol. The first-order chi connectivity index (χ1) is 6.13. The molecule has 0 aromatic heterocycles. The van der Waals surface area contributed by atoms with Crippen molar-refractivity contribution < 1.29 is 9.53 Å². The minimum absolute atomic E-state index is 0.0984. The lowest BCUT2D eigenvalue weighted by molar-refractivity contribution is -0.142. The third-order valence-electron chi connectivity index (χ3n) is 2.02. The lowest BCUT2D eigenvalue weighted by Crippen LogP contribution is -2.37. The normalized spacial score (nSPS) is 28.0. The van der Waals surface area contributed by atoms with Crippen LogP contribution in [0.3, 0.4) is 0 Å². The first-order valence-corrected chi connectivity index (χ1v) is 5.64. The Morgan fingerprint density at radius 3 is 2.92 bits per heavy atom. The van der Waals surface area contributed by atoms with Crippen molar-refractivity contribution in [2.24, 2.45) is 5.92 Å². The van der Waals surface area contributed by atoms with Gasteiger partial charge >= 0.3 is 5.97 Å². The van der Waals surface area contributed by atoms with E-state index < -0.39 is 0 Å². The lowest BCUT2D eigenvalue weighted by atomic mass is 10.1. The highest BCUT2D eigenvalue weighted by Crippen LogP contribution is 2.24. The van der Waals surface area contributed by atoms with Crippen molar-refractivity contribution in [1.29, 1.82) is 0 Å². The first kappa shape index (κ1) is 10.9. The molecule has 0 aromatic carbocycles. The maximum Gasteiger partial charge on any atom is 0.323 e. The number of rotatable bonds is 3.